The van der Waals surface area contributed by atoms with Crippen molar-refractivity contribution < 1.29 is 9.18 Å². The summed E-state index contributed by atoms with van der Waals surface area (Å²) in [6.45, 7) is 5.73. The number of hydrogen-bond acceptors (Lipinski definition) is 4. The number of halogens is 2. The van der Waals surface area contributed by atoms with E-state index in [0.717, 1.165) is 11.1 Å². The Kier molecular flexibility index (Phi) is 5.90. The summed E-state index contributed by atoms with van der Waals surface area (Å²) in [5.41, 5.74) is 3.89. The molecule has 1 amide bonds. The zero-order valence-electron chi connectivity index (χ0n) is 15.8. The molecule has 0 radical (unpaired) electrons. The number of aromatic nitrogens is 2. The van der Waals surface area contributed by atoms with Gasteiger partial charge in [0.2, 0.25) is 5.95 Å². The average Bonchev–Trinajstić information content (AvgIpc) is 2.63. The molecule has 0 fully saturated rings. The highest BCUT2D eigenvalue weighted by molar-refractivity contribution is 6.33. The van der Waals surface area contributed by atoms with Gasteiger partial charge < -0.3 is 10.6 Å². The van der Waals surface area contributed by atoms with Gasteiger partial charge in [-0.3, -0.25) is 4.79 Å². The van der Waals surface area contributed by atoms with E-state index in [4.69, 9.17) is 11.6 Å². The Morgan fingerprint density at radius 3 is 2.57 bits per heavy atom. The van der Waals surface area contributed by atoms with E-state index in [1.165, 1.54) is 6.07 Å². The van der Waals surface area contributed by atoms with Crippen molar-refractivity contribution in [1.29, 1.82) is 0 Å². The van der Waals surface area contributed by atoms with Crippen molar-refractivity contribution in [2.24, 2.45) is 0 Å². The Labute approximate surface area is 168 Å². The number of aryl methyl sites for hydroxylation is 3. The Hall–Kier alpha value is -2.99. The van der Waals surface area contributed by atoms with Crippen LogP contribution in [0.25, 0.3) is 0 Å². The summed E-state index contributed by atoms with van der Waals surface area (Å²) in [5, 5.41) is 6.32. The summed E-state index contributed by atoms with van der Waals surface area (Å²) < 4.78 is 13.7. The number of benzene rings is 2. The molecule has 0 aliphatic rings. The number of hydrogen-bond donors (Lipinski definition) is 2. The van der Waals surface area contributed by atoms with Crippen molar-refractivity contribution in [2.45, 2.75) is 27.3 Å². The smallest absolute Gasteiger partial charge is 0.270 e. The predicted octanol–water partition coefficient (Wildman–Crippen LogP) is 4.87. The van der Waals surface area contributed by atoms with E-state index in [1.807, 2.05) is 26.0 Å². The van der Waals surface area contributed by atoms with Crippen molar-refractivity contribution in [1.82, 2.24) is 15.3 Å². The number of nitrogens with one attached hydrogen (secondary N) is 2. The van der Waals surface area contributed by atoms with Crippen LogP contribution in [-0.4, -0.2) is 15.9 Å². The van der Waals surface area contributed by atoms with E-state index >= 15 is 0 Å². The van der Waals surface area contributed by atoms with Gasteiger partial charge in [0, 0.05) is 17.8 Å². The molecule has 144 valence electrons. The SMILES string of the molecule is Cc1cc(C)c(Nc2nc(C)cc(C(=O)NCc3ccccc3F)n2)c(Cl)c1. The third-order valence-corrected chi connectivity index (χ3v) is 4.45. The fourth-order valence-electron chi connectivity index (χ4n) is 2.83. The highest BCUT2D eigenvalue weighted by Gasteiger charge is 2.13. The molecule has 28 heavy (non-hydrogen) atoms. The lowest BCUT2D eigenvalue weighted by Crippen LogP contribution is -2.25. The number of carbonyl (C=O) groups is 1. The number of anilines is 2. The van der Waals surface area contributed by atoms with Gasteiger partial charge in [-0.05, 0) is 50.1 Å². The minimum atomic E-state index is -0.413. The van der Waals surface area contributed by atoms with E-state index in [-0.39, 0.29) is 24.0 Å². The van der Waals surface area contributed by atoms with E-state index < -0.39 is 5.91 Å². The topological polar surface area (TPSA) is 66.9 Å². The predicted molar refractivity (Wildman–Crippen MR) is 109 cm³/mol. The van der Waals surface area contributed by atoms with Gasteiger partial charge in [-0.2, -0.15) is 0 Å². The zero-order chi connectivity index (χ0) is 20.3. The first kappa shape index (κ1) is 19.8. The molecule has 0 saturated carbocycles. The van der Waals surface area contributed by atoms with Crippen LogP contribution in [0, 0.1) is 26.6 Å². The van der Waals surface area contributed by atoms with Gasteiger partial charge in [0.05, 0.1) is 10.7 Å². The van der Waals surface area contributed by atoms with Gasteiger partial charge in [-0.25, -0.2) is 14.4 Å². The Morgan fingerprint density at radius 1 is 1.11 bits per heavy atom. The second-order valence-corrected chi connectivity index (χ2v) is 6.96. The maximum Gasteiger partial charge on any atom is 0.270 e. The third-order valence-electron chi connectivity index (χ3n) is 4.15. The first-order valence-electron chi connectivity index (χ1n) is 8.74. The lowest BCUT2D eigenvalue weighted by atomic mass is 10.1. The van der Waals surface area contributed by atoms with E-state index in [1.54, 1.807) is 31.2 Å². The molecule has 3 aromatic rings. The summed E-state index contributed by atoms with van der Waals surface area (Å²) in [6, 6.07) is 11.7. The van der Waals surface area contributed by atoms with Gasteiger partial charge in [0.1, 0.15) is 11.5 Å². The van der Waals surface area contributed by atoms with Crippen molar-refractivity contribution in [3.05, 3.63) is 81.4 Å². The Morgan fingerprint density at radius 2 is 1.86 bits per heavy atom. The molecule has 0 saturated heterocycles. The molecule has 0 spiro atoms. The Bertz CT molecular complexity index is 1020. The summed E-state index contributed by atoms with van der Waals surface area (Å²) in [5.74, 6) is -0.512. The van der Waals surface area contributed by atoms with Crippen LogP contribution in [0.2, 0.25) is 5.02 Å². The molecule has 0 aliphatic carbocycles. The fourth-order valence-corrected chi connectivity index (χ4v) is 3.20. The van der Waals surface area contributed by atoms with Crippen molar-refractivity contribution in [2.75, 3.05) is 5.32 Å². The lowest BCUT2D eigenvalue weighted by Gasteiger charge is -2.13. The molecule has 0 aliphatic heterocycles. The molecule has 0 bridgehead atoms. The van der Waals surface area contributed by atoms with Gasteiger partial charge in [-0.1, -0.05) is 35.9 Å². The lowest BCUT2D eigenvalue weighted by molar-refractivity contribution is 0.0945. The van der Waals surface area contributed by atoms with Crippen LogP contribution in [0.5, 0.6) is 0 Å². The number of amides is 1. The second kappa shape index (κ2) is 8.35. The van der Waals surface area contributed by atoms with Crippen LogP contribution in [0.3, 0.4) is 0 Å². The standard InChI is InChI=1S/C21H20ClFN4O/c1-12-8-13(2)19(16(22)9-12)27-21-25-14(3)10-18(26-21)20(28)24-11-15-6-4-5-7-17(15)23/h4-10H,11H2,1-3H3,(H,24,28)(H,25,26,27). The summed E-state index contributed by atoms with van der Waals surface area (Å²) >= 11 is 6.33. The number of nitrogens with zero attached hydrogens (tertiary/aromatic N) is 2. The minimum Gasteiger partial charge on any atom is -0.347 e. The molecule has 3 rings (SSSR count). The average molecular weight is 399 g/mol. The monoisotopic (exact) mass is 398 g/mol. The largest absolute Gasteiger partial charge is 0.347 e. The molecule has 1 aromatic heterocycles. The Balaban J connectivity index is 1.80. The first-order chi connectivity index (χ1) is 13.3. The molecule has 1 heterocycles. The van der Waals surface area contributed by atoms with Crippen LogP contribution in [0.4, 0.5) is 16.0 Å². The van der Waals surface area contributed by atoms with Gasteiger partial charge >= 0.3 is 0 Å². The summed E-state index contributed by atoms with van der Waals surface area (Å²) in [6.07, 6.45) is 0. The van der Waals surface area contributed by atoms with Crippen LogP contribution in [0.15, 0.2) is 42.5 Å². The molecule has 2 aromatic carbocycles. The summed E-state index contributed by atoms with van der Waals surface area (Å²) in [7, 11) is 0. The summed E-state index contributed by atoms with van der Waals surface area (Å²) in [4.78, 5) is 21.1. The molecule has 7 heteroatoms. The van der Waals surface area contributed by atoms with E-state index in [0.29, 0.717) is 22.0 Å². The van der Waals surface area contributed by atoms with E-state index in [2.05, 4.69) is 20.6 Å². The molecule has 0 unspecified atom stereocenters. The zero-order valence-corrected chi connectivity index (χ0v) is 16.6. The second-order valence-electron chi connectivity index (χ2n) is 6.56. The molecular formula is C21H20ClFN4O. The van der Waals surface area contributed by atoms with Crippen LogP contribution < -0.4 is 10.6 Å². The maximum absolute atomic E-state index is 13.7. The highest BCUT2D eigenvalue weighted by Crippen LogP contribution is 2.29. The van der Waals surface area contributed by atoms with Crippen molar-refractivity contribution in [3.63, 3.8) is 0 Å². The number of rotatable bonds is 5. The molecule has 2 N–H and O–H groups in total. The van der Waals surface area contributed by atoms with Crippen molar-refractivity contribution >= 4 is 29.1 Å². The van der Waals surface area contributed by atoms with Gasteiger partial charge in [0.15, 0.2) is 0 Å². The van der Waals surface area contributed by atoms with Crippen LogP contribution in [-0.2, 0) is 6.54 Å². The van der Waals surface area contributed by atoms with Crippen molar-refractivity contribution in [3.8, 4) is 0 Å². The number of carbonyl (C=O) groups excluding carboxylic acids is 1. The van der Waals surface area contributed by atoms with Crippen LogP contribution in [0.1, 0.15) is 32.9 Å². The minimum absolute atomic E-state index is 0.0697. The molecule has 5 nitrogen and oxygen atoms in total. The normalized spacial score (nSPS) is 10.6. The van der Waals surface area contributed by atoms with E-state index in [9.17, 15) is 9.18 Å². The first-order valence-corrected chi connectivity index (χ1v) is 9.12. The van der Waals surface area contributed by atoms with Gasteiger partial charge in [0.25, 0.3) is 5.91 Å². The molecular weight excluding hydrogens is 379 g/mol. The fraction of sp³-hybridized carbons (Fsp3) is 0.190. The highest BCUT2D eigenvalue weighted by atomic mass is 35.5. The quantitative estimate of drug-likeness (QED) is 0.643. The molecule has 0 atom stereocenters. The maximum atomic E-state index is 13.7. The van der Waals surface area contributed by atoms with Gasteiger partial charge in [-0.15, -0.1) is 0 Å². The third kappa shape index (κ3) is 4.64. The van der Waals surface area contributed by atoms with Crippen LogP contribution >= 0.6 is 11.6 Å².